The van der Waals surface area contributed by atoms with Crippen LogP contribution in [0, 0.1) is 0 Å². The standard InChI is InChI=1S/C13H22N2OS.ClH/c14-8-4-2-1-3-5-13(16)15-9-6-12-7-10-17-11-12;/h7,10-11H,1-6,8-9,14H2,(H,15,16);1H. The molecule has 1 aromatic heterocycles. The van der Waals surface area contributed by atoms with Crippen molar-refractivity contribution in [1.29, 1.82) is 0 Å². The molecule has 0 aromatic carbocycles. The fourth-order valence-corrected chi connectivity index (χ4v) is 2.36. The average Bonchev–Trinajstić information content (AvgIpc) is 2.82. The van der Waals surface area contributed by atoms with E-state index >= 15 is 0 Å². The third kappa shape index (κ3) is 8.50. The summed E-state index contributed by atoms with van der Waals surface area (Å²) in [7, 11) is 0. The Morgan fingerprint density at radius 2 is 2.06 bits per heavy atom. The van der Waals surface area contributed by atoms with Crippen LogP contribution >= 0.6 is 23.7 Å². The summed E-state index contributed by atoms with van der Waals surface area (Å²) in [5.41, 5.74) is 6.71. The predicted octanol–water partition coefficient (Wildman–Crippen LogP) is 2.74. The minimum atomic E-state index is 0. The first-order valence-corrected chi connectivity index (χ1v) is 7.25. The Labute approximate surface area is 120 Å². The van der Waals surface area contributed by atoms with E-state index in [0.29, 0.717) is 6.42 Å². The number of halogens is 1. The molecule has 0 unspecified atom stereocenters. The van der Waals surface area contributed by atoms with Gasteiger partial charge in [-0.3, -0.25) is 4.79 Å². The van der Waals surface area contributed by atoms with Gasteiger partial charge in [0.2, 0.25) is 5.91 Å². The van der Waals surface area contributed by atoms with Crippen LogP contribution in [0.15, 0.2) is 16.8 Å². The summed E-state index contributed by atoms with van der Waals surface area (Å²) in [6, 6.07) is 2.10. The predicted molar refractivity (Wildman–Crippen MR) is 80.4 cm³/mol. The Balaban J connectivity index is 0.00000289. The van der Waals surface area contributed by atoms with E-state index in [1.165, 1.54) is 5.56 Å². The SMILES string of the molecule is Cl.NCCCCCCC(=O)NCCc1ccsc1. The Morgan fingerprint density at radius 3 is 2.72 bits per heavy atom. The number of thiophene rings is 1. The molecule has 0 saturated heterocycles. The van der Waals surface area contributed by atoms with Gasteiger partial charge in [-0.1, -0.05) is 12.8 Å². The van der Waals surface area contributed by atoms with Gasteiger partial charge in [0.05, 0.1) is 0 Å². The van der Waals surface area contributed by atoms with Gasteiger partial charge >= 0.3 is 0 Å². The summed E-state index contributed by atoms with van der Waals surface area (Å²) in [5, 5.41) is 7.14. The van der Waals surface area contributed by atoms with E-state index in [2.05, 4.69) is 22.1 Å². The Bertz CT molecular complexity index is 304. The van der Waals surface area contributed by atoms with Crippen molar-refractivity contribution in [2.75, 3.05) is 13.1 Å². The summed E-state index contributed by atoms with van der Waals surface area (Å²) in [6.07, 6.45) is 5.87. The molecule has 18 heavy (non-hydrogen) atoms. The third-order valence-corrected chi connectivity index (χ3v) is 3.41. The highest BCUT2D eigenvalue weighted by Crippen LogP contribution is 2.06. The van der Waals surface area contributed by atoms with Crippen LogP contribution in [0.2, 0.25) is 0 Å². The van der Waals surface area contributed by atoms with Crippen molar-refractivity contribution in [3.8, 4) is 0 Å². The first-order valence-electron chi connectivity index (χ1n) is 6.31. The quantitative estimate of drug-likeness (QED) is 0.687. The molecule has 5 heteroatoms. The minimum absolute atomic E-state index is 0. The van der Waals surface area contributed by atoms with Gasteiger partial charge in [-0.05, 0) is 48.2 Å². The van der Waals surface area contributed by atoms with E-state index in [9.17, 15) is 4.79 Å². The molecule has 0 aliphatic carbocycles. The second kappa shape index (κ2) is 11.5. The van der Waals surface area contributed by atoms with Crippen molar-refractivity contribution >= 4 is 29.7 Å². The molecule has 0 spiro atoms. The number of carbonyl (C=O) groups excluding carboxylic acids is 1. The van der Waals surface area contributed by atoms with Gasteiger partial charge in [-0.15, -0.1) is 12.4 Å². The van der Waals surface area contributed by atoms with Gasteiger partial charge in [0.15, 0.2) is 0 Å². The Hall–Kier alpha value is -0.580. The lowest BCUT2D eigenvalue weighted by Gasteiger charge is -2.04. The van der Waals surface area contributed by atoms with Crippen LogP contribution < -0.4 is 11.1 Å². The number of amides is 1. The molecule has 0 bridgehead atoms. The van der Waals surface area contributed by atoms with Crippen LogP contribution in [0.25, 0.3) is 0 Å². The molecule has 0 radical (unpaired) electrons. The summed E-state index contributed by atoms with van der Waals surface area (Å²) in [6.45, 7) is 1.51. The topological polar surface area (TPSA) is 55.1 Å². The highest BCUT2D eigenvalue weighted by atomic mass is 35.5. The number of hydrogen-bond acceptors (Lipinski definition) is 3. The lowest BCUT2D eigenvalue weighted by Crippen LogP contribution is -2.25. The van der Waals surface area contributed by atoms with Gasteiger partial charge in [0, 0.05) is 13.0 Å². The molecule has 1 rings (SSSR count). The van der Waals surface area contributed by atoms with Crippen LogP contribution in [0.5, 0.6) is 0 Å². The fourth-order valence-electron chi connectivity index (χ4n) is 1.65. The molecule has 0 aliphatic rings. The van der Waals surface area contributed by atoms with Crippen molar-refractivity contribution < 1.29 is 4.79 Å². The Kier molecular flexibility index (Phi) is 11.1. The van der Waals surface area contributed by atoms with Crippen molar-refractivity contribution in [3.63, 3.8) is 0 Å². The summed E-state index contributed by atoms with van der Waals surface area (Å²) >= 11 is 1.70. The molecule has 3 nitrogen and oxygen atoms in total. The zero-order valence-corrected chi connectivity index (χ0v) is 12.3. The molecular formula is C13H23ClN2OS. The maximum absolute atomic E-state index is 11.5. The van der Waals surface area contributed by atoms with Gasteiger partial charge in [0.25, 0.3) is 0 Å². The molecule has 1 aromatic rings. The van der Waals surface area contributed by atoms with E-state index in [4.69, 9.17) is 5.73 Å². The number of carbonyl (C=O) groups is 1. The van der Waals surface area contributed by atoms with Crippen LogP contribution in [-0.4, -0.2) is 19.0 Å². The first kappa shape index (κ1) is 17.4. The van der Waals surface area contributed by atoms with E-state index in [-0.39, 0.29) is 18.3 Å². The lowest BCUT2D eigenvalue weighted by atomic mass is 10.1. The summed E-state index contributed by atoms with van der Waals surface area (Å²) in [4.78, 5) is 11.5. The molecular weight excluding hydrogens is 268 g/mol. The van der Waals surface area contributed by atoms with Crippen LogP contribution in [0.4, 0.5) is 0 Å². The molecule has 1 amide bonds. The normalized spacial score (nSPS) is 9.83. The molecule has 0 saturated carbocycles. The second-order valence-corrected chi connectivity index (χ2v) is 4.96. The minimum Gasteiger partial charge on any atom is -0.356 e. The molecule has 3 N–H and O–H groups in total. The fraction of sp³-hybridized carbons (Fsp3) is 0.615. The maximum Gasteiger partial charge on any atom is 0.220 e. The van der Waals surface area contributed by atoms with Crippen molar-refractivity contribution in [2.24, 2.45) is 5.73 Å². The van der Waals surface area contributed by atoms with E-state index in [1.807, 2.05) is 0 Å². The van der Waals surface area contributed by atoms with E-state index in [0.717, 1.165) is 45.2 Å². The van der Waals surface area contributed by atoms with Gasteiger partial charge in [-0.25, -0.2) is 0 Å². The number of unbranched alkanes of at least 4 members (excludes halogenated alkanes) is 3. The van der Waals surface area contributed by atoms with Crippen LogP contribution in [0.1, 0.15) is 37.7 Å². The number of nitrogens with two attached hydrogens (primary N) is 1. The largest absolute Gasteiger partial charge is 0.356 e. The lowest BCUT2D eigenvalue weighted by molar-refractivity contribution is -0.121. The highest BCUT2D eigenvalue weighted by molar-refractivity contribution is 7.07. The zero-order chi connectivity index (χ0) is 12.3. The van der Waals surface area contributed by atoms with Crippen molar-refractivity contribution in [1.82, 2.24) is 5.32 Å². The van der Waals surface area contributed by atoms with Gasteiger partial charge in [-0.2, -0.15) is 11.3 Å². The summed E-state index contributed by atoms with van der Waals surface area (Å²) in [5.74, 6) is 0.174. The van der Waals surface area contributed by atoms with E-state index in [1.54, 1.807) is 11.3 Å². The molecule has 0 aliphatic heterocycles. The van der Waals surface area contributed by atoms with Crippen LogP contribution in [-0.2, 0) is 11.2 Å². The Morgan fingerprint density at radius 1 is 1.28 bits per heavy atom. The van der Waals surface area contributed by atoms with Crippen molar-refractivity contribution in [2.45, 2.75) is 38.5 Å². The molecule has 1 heterocycles. The van der Waals surface area contributed by atoms with Gasteiger partial charge < -0.3 is 11.1 Å². The molecule has 0 atom stereocenters. The smallest absolute Gasteiger partial charge is 0.220 e. The number of nitrogens with one attached hydrogen (secondary N) is 1. The summed E-state index contributed by atoms with van der Waals surface area (Å²) < 4.78 is 0. The monoisotopic (exact) mass is 290 g/mol. The molecule has 0 fully saturated rings. The molecule has 104 valence electrons. The van der Waals surface area contributed by atoms with Crippen molar-refractivity contribution in [3.05, 3.63) is 22.4 Å². The van der Waals surface area contributed by atoms with Gasteiger partial charge in [0.1, 0.15) is 0 Å². The number of hydrogen-bond donors (Lipinski definition) is 2. The third-order valence-electron chi connectivity index (χ3n) is 2.67. The van der Waals surface area contributed by atoms with E-state index < -0.39 is 0 Å². The number of rotatable bonds is 9. The first-order chi connectivity index (χ1) is 8.33. The maximum atomic E-state index is 11.5. The zero-order valence-electron chi connectivity index (χ0n) is 10.7. The average molecular weight is 291 g/mol. The second-order valence-electron chi connectivity index (χ2n) is 4.18. The van der Waals surface area contributed by atoms with Crippen LogP contribution in [0.3, 0.4) is 0 Å². The highest BCUT2D eigenvalue weighted by Gasteiger charge is 2.00.